The lowest BCUT2D eigenvalue weighted by atomic mass is 10.1. The van der Waals surface area contributed by atoms with E-state index in [1.807, 2.05) is 36.4 Å². The highest BCUT2D eigenvalue weighted by atomic mass is 16.3. The van der Waals surface area contributed by atoms with Crippen LogP contribution in [0.4, 0.5) is 0 Å². The first-order chi connectivity index (χ1) is 9.69. The van der Waals surface area contributed by atoms with Crippen LogP contribution in [0.3, 0.4) is 0 Å². The van der Waals surface area contributed by atoms with E-state index in [-0.39, 0.29) is 6.04 Å². The van der Waals surface area contributed by atoms with Crippen molar-refractivity contribution in [2.45, 2.75) is 19.4 Å². The number of phenols is 1. The summed E-state index contributed by atoms with van der Waals surface area (Å²) in [5.74, 6) is 0.295. The van der Waals surface area contributed by atoms with Crippen molar-refractivity contribution in [1.82, 2.24) is 5.32 Å². The summed E-state index contributed by atoms with van der Waals surface area (Å²) in [6.07, 6.45) is 0.905. The quantitative estimate of drug-likeness (QED) is 0.874. The molecule has 102 valence electrons. The van der Waals surface area contributed by atoms with Crippen LogP contribution in [0.5, 0.6) is 5.75 Å². The Morgan fingerprint density at radius 1 is 1.20 bits per heavy atom. The minimum absolute atomic E-state index is 0.209. The minimum Gasteiger partial charge on any atom is -0.508 e. The molecule has 1 unspecified atom stereocenters. The van der Waals surface area contributed by atoms with Gasteiger partial charge in [0, 0.05) is 6.04 Å². The van der Waals surface area contributed by atoms with E-state index < -0.39 is 0 Å². The third-order valence-corrected chi connectivity index (χ3v) is 3.32. The summed E-state index contributed by atoms with van der Waals surface area (Å²) in [5, 5.41) is 21.6. The molecule has 0 fully saturated rings. The zero-order valence-corrected chi connectivity index (χ0v) is 11.5. The van der Waals surface area contributed by atoms with E-state index >= 15 is 0 Å². The fourth-order valence-corrected chi connectivity index (χ4v) is 2.09. The van der Waals surface area contributed by atoms with E-state index in [4.69, 9.17) is 5.26 Å². The van der Waals surface area contributed by atoms with Crippen molar-refractivity contribution in [3.63, 3.8) is 0 Å². The molecule has 0 saturated carbocycles. The first-order valence-electron chi connectivity index (χ1n) is 6.70. The van der Waals surface area contributed by atoms with Crippen molar-refractivity contribution >= 4 is 0 Å². The molecule has 0 spiro atoms. The van der Waals surface area contributed by atoms with Crippen molar-refractivity contribution in [3.05, 3.63) is 65.2 Å². The van der Waals surface area contributed by atoms with Crippen molar-refractivity contribution in [3.8, 4) is 11.8 Å². The molecule has 1 atom stereocenters. The van der Waals surface area contributed by atoms with Gasteiger partial charge in [0.05, 0.1) is 11.6 Å². The summed E-state index contributed by atoms with van der Waals surface area (Å²) in [5.41, 5.74) is 3.00. The van der Waals surface area contributed by atoms with Crippen LogP contribution in [0, 0.1) is 11.3 Å². The van der Waals surface area contributed by atoms with Gasteiger partial charge in [-0.15, -0.1) is 0 Å². The summed E-state index contributed by atoms with van der Waals surface area (Å²) in [6.45, 7) is 2.94. The second kappa shape index (κ2) is 6.74. The molecule has 0 heterocycles. The number of phenolic OH excluding ortho intramolecular Hbond substituents is 1. The maximum absolute atomic E-state index is 9.23. The second-order valence-electron chi connectivity index (χ2n) is 4.83. The molecule has 0 saturated heterocycles. The van der Waals surface area contributed by atoms with Gasteiger partial charge in [-0.3, -0.25) is 0 Å². The van der Waals surface area contributed by atoms with Crippen LogP contribution in [0.15, 0.2) is 48.5 Å². The Bertz CT molecular complexity index is 599. The van der Waals surface area contributed by atoms with Crippen LogP contribution in [0.1, 0.15) is 29.7 Å². The Hall–Kier alpha value is -2.31. The maximum atomic E-state index is 9.23. The molecule has 0 bridgehead atoms. The van der Waals surface area contributed by atoms with Gasteiger partial charge in [0.2, 0.25) is 0 Å². The molecule has 3 nitrogen and oxygen atoms in total. The van der Waals surface area contributed by atoms with Crippen LogP contribution in [-0.2, 0) is 6.42 Å². The van der Waals surface area contributed by atoms with E-state index in [1.54, 1.807) is 12.1 Å². The first kappa shape index (κ1) is 14.1. The lowest BCUT2D eigenvalue weighted by molar-refractivity contribution is 0.475. The van der Waals surface area contributed by atoms with Gasteiger partial charge in [0.25, 0.3) is 0 Å². The standard InChI is InChI=1S/C17H18N2O/c1-13(16-4-2-3-15(11-16)12-18)19-10-9-14-5-7-17(20)8-6-14/h2-8,11,13,19-20H,9-10H2,1H3. The normalized spacial score (nSPS) is 11.8. The van der Waals surface area contributed by atoms with E-state index in [9.17, 15) is 5.11 Å². The Morgan fingerprint density at radius 3 is 2.65 bits per heavy atom. The highest BCUT2D eigenvalue weighted by Crippen LogP contribution is 2.14. The predicted octanol–water partition coefficient (Wildman–Crippen LogP) is 3.16. The molecule has 0 aliphatic carbocycles. The monoisotopic (exact) mass is 266 g/mol. The van der Waals surface area contributed by atoms with Crippen LogP contribution in [-0.4, -0.2) is 11.7 Å². The average Bonchev–Trinajstić information content (AvgIpc) is 2.49. The summed E-state index contributed by atoms with van der Waals surface area (Å²) >= 11 is 0. The van der Waals surface area contributed by atoms with Gasteiger partial charge in [-0.2, -0.15) is 5.26 Å². The molecule has 0 radical (unpaired) electrons. The molecule has 20 heavy (non-hydrogen) atoms. The molecule has 0 aromatic heterocycles. The van der Waals surface area contributed by atoms with Crippen molar-refractivity contribution in [2.24, 2.45) is 0 Å². The minimum atomic E-state index is 0.209. The number of hydrogen-bond acceptors (Lipinski definition) is 3. The molecule has 0 aliphatic heterocycles. The number of aromatic hydroxyl groups is 1. The Kier molecular flexibility index (Phi) is 4.75. The molecule has 0 amide bonds. The van der Waals surface area contributed by atoms with Gasteiger partial charge in [0.1, 0.15) is 5.75 Å². The van der Waals surface area contributed by atoms with Crippen LogP contribution in [0.25, 0.3) is 0 Å². The van der Waals surface area contributed by atoms with Crippen molar-refractivity contribution in [2.75, 3.05) is 6.54 Å². The summed E-state index contributed by atoms with van der Waals surface area (Å²) in [6, 6.07) is 17.3. The number of nitrogens with zero attached hydrogens (tertiary/aromatic N) is 1. The molecule has 2 N–H and O–H groups in total. The fraction of sp³-hybridized carbons (Fsp3) is 0.235. The summed E-state index contributed by atoms with van der Waals surface area (Å²) in [7, 11) is 0. The number of nitrogens with one attached hydrogen (secondary N) is 1. The molecule has 2 aromatic carbocycles. The van der Waals surface area contributed by atoms with Crippen molar-refractivity contribution in [1.29, 1.82) is 5.26 Å². The van der Waals surface area contributed by atoms with Gasteiger partial charge < -0.3 is 10.4 Å². The van der Waals surface area contributed by atoms with Gasteiger partial charge in [-0.05, 0) is 55.3 Å². The smallest absolute Gasteiger partial charge is 0.115 e. The van der Waals surface area contributed by atoms with E-state index in [0.717, 1.165) is 18.5 Å². The lowest BCUT2D eigenvalue weighted by Gasteiger charge is -2.14. The van der Waals surface area contributed by atoms with Gasteiger partial charge >= 0.3 is 0 Å². The number of nitriles is 1. The average molecular weight is 266 g/mol. The number of rotatable bonds is 5. The molecule has 3 heteroatoms. The lowest BCUT2D eigenvalue weighted by Crippen LogP contribution is -2.21. The van der Waals surface area contributed by atoms with Crippen molar-refractivity contribution < 1.29 is 5.11 Å². The van der Waals surface area contributed by atoms with E-state index in [2.05, 4.69) is 18.3 Å². The summed E-state index contributed by atoms with van der Waals surface area (Å²) < 4.78 is 0. The Labute approximate surface area is 119 Å². The van der Waals surface area contributed by atoms with E-state index in [0.29, 0.717) is 11.3 Å². The highest BCUT2D eigenvalue weighted by Gasteiger charge is 2.05. The Balaban J connectivity index is 1.87. The first-order valence-corrected chi connectivity index (χ1v) is 6.70. The predicted molar refractivity (Wildman–Crippen MR) is 79.4 cm³/mol. The van der Waals surface area contributed by atoms with Gasteiger partial charge in [0.15, 0.2) is 0 Å². The van der Waals surface area contributed by atoms with Gasteiger partial charge in [-0.25, -0.2) is 0 Å². The Morgan fingerprint density at radius 2 is 1.95 bits per heavy atom. The maximum Gasteiger partial charge on any atom is 0.115 e. The van der Waals surface area contributed by atoms with Gasteiger partial charge in [-0.1, -0.05) is 24.3 Å². The molecule has 2 rings (SSSR count). The van der Waals surface area contributed by atoms with Crippen LogP contribution >= 0.6 is 0 Å². The molecular weight excluding hydrogens is 248 g/mol. The molecule has 2 aromatic rings. The van der Waals surface area contributed by atoms with E-state index in [1.165, 1.54) is 5.56 Å². The molecule has 0 aliphatic rings. The SMILES string of the molecule is CC(NCCc1ccc(O)cc1)c1cccc(C#N)c1. The third-order valence-electron chi connectivity index (χ3n) is 3.32. The second-order valence-corrected chi connectivity index (χ2v) is 4.83. The largest absolute Gasteiger partial charge is 0.508 e. The zero-order valence-electron chi connectivity index (χ0n) is 11.5. The highest BCUT2D eigenvalue weighted by molar-refractivity contribution is 5.34. The van der Waals surface area contributed by atoms with Crippen LogP contribution < -0.4 is 5.32 Å². The number of hydrogen-bond donors (Lipinski definition) is 2. The third kappa shape index (κ3) is 3.84. The summed E-state index contributed by atoms with van der Waals surface area (Å²) in [4.78, 5) is 0. The molecular formula is C17H18N2O. The number of benzene rings is 2. The zero-order chi connectivity index (χ0) is 14.4. The fourth-order valence-electron chi connectivity index (χ4n) is 2.09. The van der Waals surface area contributed by atoms with Crippen LogP contribution in [0.2, 0.25) is 0 Å². The topological polar surface area (TPSA) is 56.0 Å².